The molecule has 2 aromatic carbocycles. The van der Waals surface area contributed by atoms with Crippen LogP contribution in [-0.4, -0.2) is 35.2 Å². The van der Waals surface area contributed by atoms with E-state index in [1.165, 1.54) is 29.5 Å². The SMILES string of the molecule is Nc1ccc2c(c1)C[C@@H](O)[C@H](N1CCC(c3ccccc3)CC1)C2. The van der Waals surface area contributed by atoms with Gasteiger partial charge in [-0.05, 0) is 67.1 Å². The number of hydrogen-bond acceptors (Lipinski definition) is 3. The average molecular weight is 322 g/mol. The van der Waals surface area contributed by atoms with Gasteiger partial charge in [0.05, 0.1) is 6.10 Å². The number of hydrogen-bond donors (Lipinski definition) is 2. The molecular weight excluding hydrogens is 296 g/mol. The number of aliphatic hydroxyl groups is 1. The van der Waals surface area contributed by atoms with E-state index in [0.29, 0.717) is 5.92 Å². The predicted molar refractivity (Wildman–Crippen MR) is 98.0 cm³/mol. The molecule has 3 N–H and O–H groups in total. The van der Waals surface area contributed by atoms with E-state index in [2.05, 4.69) is 41.3 Å². The number of likely N-dealkylation sites (tertiary alicyclic amines) is 1. The summed E-state index contributed by atoms with van der Waals surface area (Å²) in [6.07, 6.45) is 3.74. The summed E-state index contributed by atoms with van der Waals surface area (Å²) in [7, 11) is 0. The summed E-state index contributed by atoms with van der Waals surface area (Å²) in [5.74, 6) is 0.662. The third kappa shape index (κ3) is 3.06. The molecule has 2 aliphatic rings. The molecule has 0 spiro atoms. The second-order valence-electron chi connectivity index (χ2n) is 7.29. The Balaban J connectivity index is 1.43. The number of piperidine rings is 1. The lowest BCUT2D eigenvalue weighted by molar-refractivity contribution is 0.0295. The van der Waals surface area contributed by atoms with Crippen LogP contribution in [-0.2, 0) is 12.8 Å². The van der Waals surface area contributed by atoms with E-state index in [0.717, 1.165) is 31.6 Å². The number of fused-ring (bicyclic) bond motifs is 1. The van der Waals surface area contributed by atoms with Crippen molar-refractivity contribution in [1.29, 1.82) is 0 Å². The molecule has 1 heterocycles. The number of nitrogens with two attached hydrogens (primary N) is 1. The number of rotatable bonds is 2. The molecule has 1 aliphatic heterocycles. The molecule has 2 aromatic rings. The summed E-state index contributed by atoms with van der Waals surface area (Å²) >= 11 is 0. The van der Waals surface area contributed by atoms with Crippen LogP contribution in [0.3, 0.4) is 0 Å². The first-order valence-corrected chi connectivity index (χ1v) is 9.05. The first-order valence-electron chi connectivity index (χ1n) is 9.05. The second-order valence-corrected chi connectivity index (χ2v) is 7.29. The Labute approximate surface area is 144 Å². The molecule has 3 heteroatoms. The van der Waals surface area contributed by atoms with Crippen molar-refractivity contribution in [3.05, 3.63) is 65.2 Å². The highest BCUT2D eigenvalue weighted by atomic mass is 16.3. The van der Waals surface area contributed by atoms with Gasteiger partial charge in [-0.25, -0.2) is 0 Å². The number of benzene rings is 2. The molecule has 0 amide bonds. The van der Waals surface area contributed by atoms with Crippen LogP contribution in [0.4, 0.5) is 5.69 Å². The summed E-state index contributed by atoms with van der Waals surface area (Å²) in [5.41, 5.74) is 10.7. The zero-order valence-electron chi connectivity index (χ0n) is 14.1. The maximum Gasteiger partial charge on any atom is 0.0738 e. The summed E-state index contributed by atoms with van der Waals surface area (Å²) in [5, 5.41) is 10.7. The zero-order valence-corrected chi connectivity index (χ0v) is 14.1. The van der Waals surface area contributed by atoms with E-state index in [1.54, 1.807) is 0 Å². The van der Waals surface area contributed by atoms with E-state index in [4.69, 9.17) is 5.73 Å². The maximum atomic E-state index is 10.7. The Morgan fingerprint density at radius 2 is 1.67 bits per heavy atom. The van der Waals surface area contributed by atoms with Crippen LogP contribution in [0.2, 0.25) is 0 Å². The van der Waals surface area contributed by atoms with Crippen molar-refractivity contribution >= 4 is 5.69 Å². The molecule has 3 nitrogen and oxygen atoms in total. The first kappa shape index (κ1) is 15.7. The van der Waals surface area contributed by atoms with Gasteiger partial charge in [-0.3, -0.25) is 4.90 Å². The van der Waals surface area contributed by atoms with Gasteiger partial charge in [0.15, 0.2) is 0 Å². The van der Waals surface area contributed by atoms with E-state index in [-0.39, 0.29) is 12.1 Å². The van der Waals surface area contributed by atoms with E-state index >= 15 is 0 Å². The Morgan fingerprint density at radius 1 is 0.917 bits per heavy atom. The number of nitrogen functional groups attached to an aromatic ring is 1. The van der Waals surface area contributed by atoms with E-state index in [1.807, 2.05) is 12.1 Å². The van der Waals surface area contributed by atoms with E-state index < -0.39 is 0 Å². The fraction of sp³-hybridized carbons (Fsp3) is 0.429. The van der Waals surface area contributed by atoms with Crippen molar-refractivity contribution in [1.82, 2.24) is 4.90 Å². The van der Waals surface area contributed by atoms with Crippen LogP contribution in [0.15, 0.2) is 48.5 Å². The fourth-order valence-corrected chi connectivity index (χ4v) is 4.42. The standard InChI is InChI=1S/C21H26N2O/c22-19-7-6-17-13-20(21(24)14-18(17)12-19)23-10-8-16(9-11-23)15-4-2-1-3-5-15/h1-7,12,16,20-21,24H,8-11,13-14,22H2/t20-,21-/m1/s1. The van der Waals surface area contributed by atoms with Gasteiger partial charge in [0.2, 0.25) is 0 Å². The largest absolute Gasteiger partial charge is 0.399 e. The van der Waals surface area contributed by atoms with Crippen molar-refractivity contribution in [3.63, 3.8) is 0 Å². The van der Waals surface area contributed by atoms with Crippen LogP contribution >= 0.6 is 0 Å². The molecular formula is C21H26N2O. The van der Waals surface area contributed by atoms with Gasteiger partial charge in [0.25, 0.3) is 0 Å². The highest BCUT2D eigenvalue weighted by Crippen LogP contribution is 2.32. The molecule has 126 valence electrons. The van der Waals surface area contributed by atoms with Crippen LogP contribution in [0.1, 0.15) is 35.4 Å². The lowest BCUT2D eigenvalue weighted by Crippen LogP contribution is -2.50. The third-order valence-electron chi connectivity index (χ3n) is 5.80. The normalized spacial score (nSPS) is 25.4. The Kier molecular flexibility index (Phi) is 4.30. The van der Waals surface area contributed by atoms with Crippen LogP contribution in [0, 0.1) is 0 Å². The van der Waals surface area contributed by atoms with Gasteiger partial charge in [0, 0.05) is 18.2 Å². The first-order chi connectivity index (χ1) is 11.7. The molecule has 1 saturated heterocycles. The molecule has 0 aromatic heterocycles. The van der Waals surface area contributed by atoms with Crippen molar-refractivity contribution in [2.24, 2.45) is 0 Å². The highest BCUT2D eigenvalue weighted by Gasteiger charge is 2.33. The minimum absolute atomic E-state index is 0.248. The van der Waals surface area contributed by atoms with Gasteiger partial charge in [-0.15, -0.1) is 0 Å². The average Bonchev–Trinajstić information content (AvgIpc) is 2.62. The third-order valence-corrected chi connectivity index (χ3v) is 5.80. The number of aliphatic hydroxyl groups excluding tert-OH is 1. The molecule has 0 bridgehead atoms. The van der Waals surface area contributed by atoms with Gasteiger partial charge < -0.3 is 10.8 Å². The summed E-state index contributed by atoms with van der Waals surface area (Å²) < 4.78 is 0. The van der Waals surface area contributed by atoms with Crippen molar-refractivity contribution < 1.29 is 5.11 Å². The predicted octanol–water partition coefficient (Wildman–Crippen LogP) is 2.98. The highest BCUT2D eigenvalue weighted by molar-refractivity contribution is 5.46. The smallest absolute Gasteiger partial charge is 0.0738 e. The summed E-state index contributed by atoms with van der Waals surface area (Å²) in [4.78, 5) is 2.50. The minimum Gasteiger partial charge on any atom is -0.399 e. The van der Waals surface area contributed by atoms with E-state index in [9.17, 15) is 5.11 Å². The molecule has 1 aliphatic carbocycles. The Hall–Kier alpha value is -1.84. The molecule has 0 unspecified atom stereocenters. The van der Waals surface area contributed by atoms with Crippen molar-refractivity contribution in [2.75, 3.05) is 18.8 Å². The molecule has 0 saturated carbocycles. The zero-order chi connectivity index (χ0) is 16.5. The van der Waals surface area contributed by atoms with Gasteiger partial charge in [0.1, 0.15) is 0 Å². The van der Waals surface area contributed by atoms with Crippen LogP contribution in [0.25, 0.3) is 0 Å². The summed E-state index contributed by atoms with van der Waals surface area (Å²) in [6, 6.07) is 17.2. The molecule has 2 atom stereocenters. The minimum atomic E-state index is -0.285. The second kappa shape index (κ2) is 6.58. The quantitative estimate of drug-likeness (QED) is 0.836. The molecule has 1 fully saturated rings. The molecule has 24 heavy (non-hydrogen) atoms. The van der Waals surface area contributed by atoms with Crippen LogP contribution < -0.4 is 5.73 Å². The topological polar surface area (TPSA) is 49.5 Å². The van der Waals surface area contributed by atoms with Crippen LogP contribution in [0.5, 0.6) is 0 Å². The van der Waals surface area contributed by atoms with Gasteiger partial charge in [-0.2, -0.15) is 0 Å². The maximum absolute atomic E-state index is 10.7. The molecule has 0 radical (unpaired) electrons. The lowest BCUT2D eigenvalue weighted by Gasteiger charge is -2.42. The van der Waals surface area contributed by atoms with Gasteiger partial charge >= 0.3 is 0 Å². The Morgan fingerprint density at radius 3 is 2.42 bits per heavy atom. The fourth-order valence-electron chi connectivity index (χ4n) is 4.42. The Bertz CT molecular complexity index is 692. The van der Waals surface area contributed by atoms with Gasteiger partial charge in [-0.1, -0.05) is 36.4 Å². The van der Waals surface area contributed by atoms with Crippen molar-refractivity contribution in [2.45, 2.75) is 43.7 Å². The monoisotopic (exact) mass is 322 g/mol. The number of anilines is 1. The molecule has 4 rings (SSSR count). The number of nitrogens with zero attached hydrogens (tertiary/aromatic N) is 1. The summed E-state index contributed by atoms with van der Waals surface area (Å²) in [6.45, 7) is 2.15. The van der Waals surface area contributed by atoms with Crippen molar-refractivity contribution in [3.8, 4) is 0 Å². The lowest BCUT2D eigenvalue weighted by atomic mass is 9.83.